The number of aromatic nitrogens is 2. The largest absolute Gasteiger partial charge is 0.449 e. The van der Waals surface area contributed by atoms with Crippen LogP contribution in [0.3, 0.4) is 0 Å². The van der Waals surface area contributed by atoms with Crippen molar-refractivity contribution in [1.82, 2.24) is 9.97 Å². The molecule has 3 aromatic rings. The molecule has 6 nitrogen and oxygen atoms in total. The van der Waals surface area contributed by atoms with Crippen LogP contribution >= 0.6 is 23.1 Å². The van der Waals surface area contributed by atoms with Crippen LogP contribution in [0.15, 0.2) is 59.1 Å². The molecule has 0 aliphatic heterocycles. The van der Waals surface area contributed by atoms with E-state index in [1.807, 2.05) is 42.0 Å². The minimum atomic E-state index is -0.962. The summed E-state index contributed by atoms with van der Waals surface area (Å²) in [6.07, 6.45) is 2.46. The lowest BCUT2D eigenvalue weighted by Gasteiger charge is -2.13. The average molecular weight is 399 g/mol. The van der Waals surface area contributed by atoms with Gasteiger partial charge in [0.15, 0.2) is 11.2 Å². The van der Waals surface area contributed by atoms with E-state index in [0.29, 0.717) is 15.7 Å². The fourth-order valence-corrected chi connectivity index (χ4v) is 3.53. The van der Waals surface area contributed by atoms with Crippen LogP contribution in [-0.2, 0) is 9.53 Å². The van der Waals surface area contributed by atoms with E-state index in [1.165, 1.54) is 30.0 Å². The fourth-order valence-electron chi connectivity index (χ4n) is 2.27. The molecule has 2 aromatic heterocycles. The molecular weight excluding hydrogens is 382 g/mol. The first kappa shape index (κ1) is 19.1. The van der Waals surface area contributed by atoms with Crippen molar-refractivity contribution in [2.75, 3.05) is 11.6 Å². The zero-order valence-electron chi connectivity index (χ0n) is 14.7. The van der Waals surface area contributed by atoms with Gasteiger partial charge in [-0.05, 0) is 25.3 Å². The molecule has 8 heteroatoms. The first-order valence-electron chi connectivity index (χ1n) is 8.10. The van der Waals surface area contributed by atoms with Gasteiger partial charge in [-0.1, -0.05) is 30.3 Å². The van der Waals surface area contributed by atoms with Crippen molar-refractivity contribution >= 4 is 40.1 Å². The minimum absolute atomic E-state index is 0.338. The topological polar surface area (TPSA) is 81.2 Å². The van der Waals surface area contributed by atoms with Gasteiger partial charge in [0.2, 0.25) is 0 Å². The van der Waals surface area contributed by atoms with E-state index >= 15 is 0 Å². The third kappa shape index (κ3) is 4.72. The first-order valence-corrected chi connectivity index (χ1v) is 10.2. The Morgan fingerprint density at radius 2 is 1.96 bits per heavy atom. The van der Waals surface area contributed by atoms with Crippen LogP contribution in [0.5, 0.6) is 0 Å². The maximum absolute atomic E-state index is 12.3. The molecule has 1 amide bonds. The lowest BCUT2D eigenvalue weighted by Crippen LogP contribution is -2.30. The number of thioether (sulfide) groups is 1. The summed E-state index contributed by atoms with van der Waals surface area (Å²) < 4.78 is 5.28. The summed E-state index contributed by atoms with van der Waals surface area (Å²) in [6, 6.07) is 13.0. The number of anilines is 1. The van der Waals surface area contributed by atoms with Crippen molar-refractivity contribution in [1.29, 1.82) is 0 Å². The molecule has 2 heterocycles. The highest BCUT2D eigenvalue weighted by Crippen LogP contribution is 2.25. The summed E-state index contributed by atoms with van der Waals surface area (Å²) in [5.74, 6) is -1.02. The number of esters is 1. The zero-order valence-corrected chi connectivity index (χ0v) is 16.3. The molecule has 0 bridgehead atoms. The maximum atomic E-state index is 12.3. The average Bonchev–Trinajstić information content (AvgIpc) is 3.17. The lowest BCUT2D eigenvalue weighted by atomic mass is 10.2. The molecule has 138 valence electrons. The van der Waals surface area contributed by atoms with Gasteiger partial charge in [-0.2, -0.15) is 0 Å². The highest BCUT2D eigenvalue weighted by Gasteiger charge is 2.22. The Labute approximate surface area is 165 Å². The molecule has 0 saturated heterocycles. The number of hydrogen-bond acceptors (Lipinski definition) is 7. The Morgan fingerprint density at radius 1 is 1.19 bits per heavy atom. The molecule has 0 radical (unpaired) electrons. The number of carbonyl (C=O) groups is 2. The van der Waals surface area contributed by atoms with Gasteiger partial charge in [-0.25, -0.2) is 14.8 Å². The highest BCUT2D eigenvalue weighted by atomic mass is 32.2. The van der Waals surface area contributed by atoms with E-state index in [9.17, 15) is 9.59 Å². The van der Waals surface area contributed by atoms with E-state index in [2.05, 4.69) is 15.3 Å². The van der Waals surface area contributed by atoms with Gasteiger partial charge in [0.05, 0.1) is 11.3 Å². The monoisotopic (exact) mass is 399 g/mol. The van der Waals surface area contributed by atoms with Crippen LogP contribution in [0.4, 0.5) is 5.13 Å². The van der Waals surface area contributed by atoms with E-state index in [4.69, 9.17) is 4.74 Å². The highest BCUT2D eigenvalue weighted by molar-refractivity contribution is 7.98. The number of thiazole rings is 1. The van der Waals surface area contributed by atoms with E-state index in [0.717, 1.165) is 11.3 Å². The summed E-state index contributed by atoms with van der Waals surface area (Å²) >= 11 is 2.66. The molecular formula is C19H17N3O3S2. The van der Waals surface area contributed by atoms with Crippen LogP contribution in [0.1, 0.15) is 17.3 Å². The third-order valence-electron chi connectivity index (χ3n) is 3.64. The lowest BCUT2D eigenvalue weighted by molar-refractivity contribution is -0.123. The number of rotatable bonds is 6. The predicted molar refractivity (Wildman–Crippen MR) is 107 cm³/mol. The number of nitrogens with zero attached hydrogens (tertiary/aromatic N) is 2. The second-order valence-electron chi connectivity index (χ2n) is 5.50. The summed E-state index contributed by atoms with van der Waals surface area (Å²) in [5, 5.41) is 5.56. The van der Waals surface area contributed by atoms with Crippen LogP contribution in [0.25, 0.3) is 11.3 Å². The van der Waals surface area contributed by atoms with Gasteiger partial charge < -0.3 is 4.74 Å². The molecule has 0 fully saturated rings. The quantitative estimate of drug-likeness (QED) is 0.496. The standard InChI is InChI=1S/C19H17N3O3S2/c1-12(25-18(24)14-9-6-10-20-17(14)26-2)16(23)22-19-21-15(11-27-19)13-7-4-3-5-8-13/h3-12H,1-2H3,(H,21,22,23)/t12-/m0/s1. The van der Waals surface area contributed by atoms with Gasteiger partial charge in [-0.3, -0.25) is 10.1 Å². The van der Waals surface area contributed by atoms with E-state index < -0.39 is 18.0 Å². The molecule has 0 saturated carbocycles. The zero-order chi connectivity index (χ0) is 19.2. The van der Waals surface area contributed by atoms with Crippen LogP contribution < -0.4 is 5.32 Å². The Hall–Kier alpha value is -2.71. The number of amides is 1. The number of nitrogens with one attached hydrogen (secondary N) is 1. The Kier molecular flexibility index (Phi) is 6.20. The molecule has 0 unspecified atom stereocenters. The van der Waals surface area contributed by atoms with Crippen molar-refractivity contribution in [2.24, 2.45) is 0 Å². The van der Waals surface area contributed by atoms with Gasteiger partial charge in [-0.15, -0.1) is 23.1 Å². The smallest absolute Gasteiger partial charge is 0.341 e. The van der Waals surface area contributed by atoms with Gasteiger partial charge in [0.1, 0.15) is 5.03 Å². The van der Waals surface area contributed by atoms with Crippen molar-refractivity contribution in [3.05, 3.63) is 59.6 Å². The van der Waals surface area contributed by atoms with Crippen molar-refractivity contribution < 1.29 is 14.3 Å². The molecule has 1 aromatic carbocycles. The van der Waals surface area contributed by atoms with Gasteiger partial charge >= 0.3 is 5.97 Å². The Bertz CT molecular complexity index is 944. The second-order valence-corrected chi connectivity index (χ2v) is 7.15. The Morgan fingerprint density at radius 3 is 2.70 bits per heavy atom. The number of carbonyl (C=O) groups excluding carboxylic acids is 2. The first-order chi connectivity index (χ1) is 13.1. The van der Waals surface area contributed by atoms with E-state index in [1.54, 1.807) is 18.3 Å². The number of benzene rings is 1. The summed E-state index contributed by atoms with van der Waals surface area (Å²) in [5.41, 5.74) is 2.08. The molecule has 1 N–H and O–H groups in total. The SMILES string of the molecule is CSc1ncccc1C(=O)O[C@@H](C)C(=O)Nc1nc(-c2ccccc2)cs1. The predicted octanol–water partition coefficient (Wildman–Crippen LogP) is 4.11. The number of pyridine rings is 1. The van der Waals surface area contributed by atoms with Gasteiger partial charge in [0, 0.05) is 17.1 Å². The molecule has 0 aliphatic rings. The summed E-state index contributed by atoms with van der Waals surface area (Å²) in [7, 11) is 0. The summed E-state index contributed by atoms with van der Waals surface area (Å²) in [6.45, 7) is 1.52. The summed E-state index contributed by atoms with van der Waals surface area (Å²) in [4.78, 5) is 33.2. The van der Waals surface area contributed by atoms with E-state index in [-0.39, 0.29) is 0 Å². The third-order valence-corrected chi connectivity index (χ3v) is 5.11. The normalized spacial score (nSPS) is 11.6. The van der Waals surface area contributed by atoms with Gasteiger partial charge in [0.25, 0.3) is 5.91 Å². The number of ether oxygens (including phenoxy) is 1. The van der Waals surface area contributed by atoms with Crippen molar-refractivity contribution in [3.8, 4) is 11.3 Å². The molecule has 3 rings (SSSR count). The second kappa shape index (κ2) is 8.79. The fraction of sp³-hybridized carbons (Fsp3) is 0.158. The molecule has 27 heavy (non-hydrogen) atoms. The van der Waals surface area contributed by atoms with Crippen molar-refractivity contribution in [3.63, 3.8) is 0 Å². The molecule has 1 atom stereocenters. The molecule has 0 aliphatic carbocycles. The Balaban J connectivity index is 1.63. The molecule has 0 spiro atoms. The van der Waals surface area contributed by atoms with Crippen LogP contribution in [0, 0.1) is 0 Å². The van der Waals surface area contributed by atoms with Crippen LogP contribution in [0.2, 0.25) is 0 Å². The van der Waals surface area contributed by atoms with Crippen molar-refractivity contribution in [2.45, 2.75) is 18.1 Å². The maximum Gasteiger partial charge on any atom is 0.341 e. The van der Waals surface area contributed by atoms with Crippen LogP contribution in [-0.4, -0.2) is 34.2 Å². The number of hydrogen-bond donors (Lipinski definition) is 1. The minimum Gasteiger partial charge on any atom is -0.449 e.